The van der Waals surface area contributed by atoms with Crippen LogP contribution in [0.25, 0.3) is 0 Å². The Balaban J connectivity index is 1.63. The molecule has 0 amide bonds. The fourth-order valence-electron chi connectivity index (χ4n) is 3.67. The molecule has 0 unspecified atom stereocenters. The van der Waals surface area contributed by atoms with Gasteiger partial charge in [0.15, 0.2) is 0 Å². The molecule has 1 aromatic heterocycles. The maximum atomic E-state index is 10.0. The standard InChI is InChI=1S/C19H26ClN3O/c1-15-17(12-22(2)21-15)13-23-9-7-19(14-24,8-10-23)11-16-5-3-4-6-18(16)20/h3-6,12,24H,7-11,13-14H2,1-2H3. The number of halogens is 1. The molecule has 1 saturated heterocycles. The number of piperidine rings is 1. The van der Waals surface area contributed by atoms with Gasteiger partial charge in [-0.2, -0.15) is 5.10 Å². The van der Waals surface area contributed by atoms with E-state index < -0.39 is 0 Å². The van der Waals surface area contributed by atoms with Crippen molar-refractivity contribution in [1.29, 1.82) is 0 Å². The highest BCUT2D eigenvalue weighted by Crippen LogP contribution is 2.36. The average molecular weight is 348 g/mol. The maximum Gasteiger partial charge on any atom is 0.0638 e. The summed E-state index contributed by atoms with van der Waals surface area (Å²) in [5.41, 5.74) is 3.49. The second kappa shape index (κ2) is 7.26. The van der Waals surface area contributed by atoms with Crippen molar-refractivity contribution in [3.8, 4) is 0 Å². The van der Waals surface area contributed by atoms with E-state index in [1.807, 2.05) is 29.9 Å². The van der Waals surface area contributed by atoms with Crippen molar-refractivity contribution >= 4 is 11.6 Å². The Kier molecular flexibility index (Phi) is 5.28. The van der Waals surface area contributed by atoms with Gasteiger partial charge in [-0.3, -0.25) is 9.58 Å². The molecule has 5 heteroatoms. The smallest absolute Gasteiger partial charge is 0.0638 e. The van der Waals surface area contributed by atoms with Gasteiger partial charge in [0.1, 0.15) is 0 Å². The molecule has 0 atom stereocenters. The van der Waals surface area contributed by atoms with Gasteiger partial charge in [0.05, 0.1) is 5.69 Å². The summed E-state index contributed by atoms with van der Waals surface area (Å²) in [4.78, 5) is 2.46. The van der Waals surface area contributed by atoms with Gasteiger partial charge in [0, 0.05) is 37.0 Å². The minimum Gasteiger partial charge on any atom is -0.396 e. The van der Waals surface area contributed by atoms with Gasteiger partial charge in [-0.05, 0) is 56.3 Å². The lowest BCUT2D eigenvalue weighted by molar-refractivity contribution is 0.0413. The number of benzene rings is 1. The predicted molar refractivity (Wildman–Crippen MR) is 97.1 cm³/mol. The average Bonchev–Trinajstić information content (AvgIpc) is 2.89. The fourth-order valence-corrected chi connectivity index (χ4v) is 3.87. The van der Waals surface area contributed by atoms with Crippen LogP contribution in [0.5, 0.6) is 0 Å². The molecule has 24 heavy (non-hydrogen) atoms. The Morgan fingerprint density at radius 1 is 1.21 bits per heavy atom. The molecule has 1 aliphatic heterocycles. The van der Waals surface area contributed by atoms with E-state index in [4.69, 9.17) is 11.6 Å². The van der Waals surface area contributed by atoms with Crippen LogP contribution in [-0.2, 0) is 20.0 Å². The zero-order valence-corrected chi connectivity index (χ0v) is 15.3. The summed E-state index contributed by atoms with van der Waals surface area (Å²) < 4.78 is 1.88. The third-order valence-corrected chi connectivity index (χ3v) is 5.65. The third kappa shape index (κ3) is 3.82. The third-order valence-electron chi connectivity index (χ3n) is 5.28. The zero-order chi connectivity index (χ0) is 17.2. The highest BCUT2D eigenvalue weighted by atomic mass is 35.5. The molecule has 1 fully saturated rings. The summed E-state index contributed by atoms with van der Waals surface area (Å²) in [6, 6.07) is 7.98. The van der Waals surface area contributed by atoms with Gasteiger partial charge in [-0.15, -0.1) is 0 Å². The summed E-state index contributed by atoms with van der Waals surface area (Å²) in [5, 5.41) is 15.3. The number of hydrogen-bond acceptors (Lipinski definition) is 3. The van der Waals surface area contributed by atoms with Crippen LogP contribution >= 0.6 is 11.6 Å². The number of rotatable bonds is 5. The van der Waals surface area contributed by atoms with Crippen molar-refractivity contribution in [1.82, 2.24) is 14.7 Å². The van der Waals surface area contributed by atoms with E-state index in [1.54, 1.807) is 0 Å². The molecule has 0 spiro atoms. The lowest BCUT2D eigenvalue weighted by Gasteiger charge is -2.41. The number of aliphatic hydroxyl groups is 1. The Hall–Kier alpha value is -1.36. The van der Waals surface area contributed by atoms with E-state index in [9.17, 15) is 5.11 Å². The molecule has 0 bridgehead atoms. The van der Waals surface area contributed by atoms with Crippen LogP contribution in [0.2, 0.25) is 5.02 Å². The van der Waals surface area contributed by atoms with Crippen LogP contribution in [0, 0.1) is 12.3 Å². The van der Waals surface area contributed by atoms with Gasteiger partial charge < -0.3 is 5.11 Å². The molecule has 0 saturated carbocycles. The number of nitrogens with zero attached hydrogens (tertiary/aromatic N) is 3. The first-order valence-corrected chi connectivity index (χ1v) is 8.95. The van der Waals surface area contributed by atoms with Gasteiger partial charge >= 0.3 is 0 Å². The molecule has 0 aliphatic carbocycles. The summed E-state index contributed by atoms with van der Waals surface area (Å²) >= 11 is 6.32. The lowest BCUT2D eigenvalue weighted by Crippen LogP contribution is -2.43. The number of aryl methyl sites for hydroxylation is 2. The van der Waals surface area contributed by atoms with E-state index >= 15 is 0 Å². The molecule has 0 radical (unpaired) electrons. The molecular weight excluding hydrogens is 322 g/mol. The first-order chi connectivity index (χ1) is 11.5. The fraction of sp³-hybridized carbons (Fsp3) is 0.526. The van der Waals surface area contributed by atoms with Crippen LogP contribution in [-0.4, -0.2) is 39.5 Å². The number of aromatic nitrogens is 2. The van der Waals surface area contributed by atoms with Gasteiger partial charge in [-0.1, -0.05) is 29.8 Å². The van der Waals surface area contributed by atoms with Gasteiger partial charge in [0.25, 0.3) is 0 Å². The molecule has 2 heterocycles. The van der Waals surface area contributed by atoms with Gasteiger partial charge in [-0.25, -0.2) is 0 Å². The van der Waals surface area contributed by atoms with Gasteiger partial charge in [0.2, 0.25) is 0 Å². The summed E-state index contributed by atoms with van der Waals surface area (Å²) in [5.74, 6) is 0. The second-order valence-corrected chi connectivity index (χ2v) is 7.52. The van der Waals surface area contributed by atoms with Crippen LogP contribution in [0.1, 0.15) is 29.7 Å². The number of hydrogen-bond donors (Lipinski definition) is 1. The first-order valence-electron chi connectivity index (χ1n) is 8.57. The van der Waals surface area contributed by atoms with Crippen molar-refractivity contribution < 1.29 is 5.11 Å². The lowest BCUT2D eigenvalue weighted by atomic mass is 9.74. The molecule has 1 aliphatic rings. The van der Waals surface area contributed by atoms with Crippen molar-refractivity contribution in [2.45, 2.75) is 32.7 Å². The summed E-state index contributed by atoms with van der Waals surface area (Å²) in [6.07, 6.45) is 4.94. The highest BCUT2D eigenvalue weighted by molar-refractivity contribution is 6.31. The molecular formula is C19H26ClN3O. The summed E-state index contributed by atoms with van der Waals surface area (Å²) in [6.45, 7) is 5.22. The molecule has 130 valence electrons. The molecule has 1 aromatic carbocycles. The Bertz CT molecular complexity index is 690. The Morgan fingerprint density at radius 3 is 2.50 bits per heavy atom. The van der Waals surface area contributed by atoms with E-state index in [-0.39, 0.29) is 12.0 Å². The van der Waals surface area contributed by atoms with E-state index in [1.165, 1.54) is 5.56 Å². The molecule has 1 N–H and O–H groups in total. The second-order valence-electron chi connectivity index (χ2n) is 7.12. The zero-order valence-electron chi connectivity index (χ0n) is 14.5. The van der Waals surface area contributed by atoms with Crippen LogP contribution in [0.15, 0.2) is 30.5 Å². The normalized spacial score (nSPS) is 18.0. The first kappa shape index (κ1) is 17.5. The topological polar surface area (TPSA) is 41.3 Å². The van der Waals surface area contributed by atoms with E-state index in [0.29, 0.717) is 0 Å². The van der Waals surface area contributed by atoms with Crippen molar-refractivity contribution in [2.24, 2.45) is 12.5 Å². The highest BCUT2D eigenvalue weighted by Gasteiger charge is 2.34. The summed E-state index contributed by atoms with van der Waals surface area (Å²) in [7, 11) is 1.97. The SMILES string of the molecule is Cc1nn(C)cc1CN1CCC(CO)(Cc2ccccc2Cl)CC1. The van der Waals surface area contributed by atoms with Crippen LogP contribution in [0.4, 0.5) is 0 Å². The Labute approximate surface area is 149 Å². The van der Waals surface area contributed by atoms with Crippen molar-refractivity contribution in [2.75, 3.05) is 19.7 Å². The monoisotopic (exact) mass is 347 g/mol. The number of likely N-dealkylation sites (tertiary alicyclic amines) is 1. The Morgan fingerprint density at radius 2 is 1.92 bits per heavy atom. The van der Waals surface area contributed by atoms with Crippen molar-refractivity contribution in [3.63, 3.8) is 0 Å². The quantitative estimate of drug-likeness (QED) is 0.903. The van der Waals surface area contributed by atoms with Crippen LogP contribution in [0.3, 0.4) is 0 Å². The van der Waals surface area contributed by atoms with Crippen molar-refractivity contribution in [3.05, 3.63) is 52.3 Å². The minimum absolute atomic E-state index is 0.0501. The maximum absolute atomic E-state index is 10.0. The minimum atomic E-state index is -0.0501. The van der Waals surface area contributed by atoms with E-state index in [0.717, 1.165) is 55.2 Å². The molecule has 4 nitrogen and oxygen atoms in total. The largest absolute Gasteiger partial charge is 0.396 e. The molecule has 3 rings (SSSR count). The predicted octanol–water partition coefficient (Wildman–Crippen LogP) is 3.20. The molecule has 2 aromatic rings. The van der Waals surface area contributed by atoms with Crippen LogP contribution < -0.4 is 0 Å². The number of aliphatic hydroxyl groups excluding tert-OH is 1. The van der Waals surface area contributed by atoms with E-state index in [2.05, 4.69) is 29.2 Å².